The quantitative estimate of drug-likeness (QED) is 0.687. The molecule has 0 saturated carbocycles. The summed E-state index contributed by atoms with van der Waals surface area (Å²) in [5.41, 5.74) is -3.04. The zero-order valence-electron chi connectivity index (χ0n) is 19.4. The number of nitrogens with one attached hydrogen (secondary N) is 2. The molecule has 186 valence electrons. The maximum Gasteiger partial charge on any atom is 0.416 e. The van der Waals surface area contributed by atoms with Crippen LogP contribution in [0.15, 0.2) is 33.9 Å². The highest BCUT2D eigenvalue weighted by Crippen LogP contribution is 2.35. The number of amides is 1. The predicted molar refractivity (Wildman–Crippen MR) is 119 cm³/mol. The first-order chi connectivity index (χ1) is 15.8. The lowest BCUT2D eigenvalue weighted by Crippen LogP contribution is -2.47. The fourth-order valence-electron chi connectivity index (χ4n) is 3.86. The summed E-state index contributed by atoms with van der Waals surface area (Å²) in [6, 6.07) is 3.69. The second kappa shape index (κ2) is 9.51. The number of anilines is 1. The summed E-state index contributed by atoms with van der Waals surface area (Å²) in [6.45, 7) is 7.37. The fraction of sp³-hybridized carbons (Fsp3) is 0.545. The average molecular weight is 483 g/mol. The molecule has 0 spiro atoms. The van der Waals surface area contributed by atoms with Gasteiger partial charge in [0.25, 0.3) is 0 Å². The zero-order chi connectivity index (χ0) is 25.3. The lowest BCUT2D eigenvalue weighted by Gasteiger charge is -2.33. The summed E-state index contributed by atoms with van der Waals surface area (Å²) in [5, 5.41) is 2.68. The van der Waals surface area contributed by atoms with Crippen LogP contribution in [0.3, 0.4) is 0 Å². The van der Waals surface area contributed by atoms with E-state index in [1.807, 2.05) is 0 Å². The standard InChI is InChI=1S/C22H28F3N5O4/c1-13(15-7-5-6-8-16(15)22(23,24)25)26-17-27-18(31)30(19(32)28-17)14-9-11-29(12-10-14)20(33)34-21(2,3)4/h5-8,13-14H,9-12H2,1-4H3,(H2,26,27,28,31,32). The molecule has 0 aliphatic carbocycles. The number of H-pyrrole nitrogens is 1. The second-order valence-corrected chi connectivity index (χ2v) is 9.19. The Morgan fingerprint density at radius 3 is 2.35 bits per heavy atom. The summed E-state index contributed by atoms with van der Waals surface area (Å²) in [7, 11) is 0. The number of benzene rings is 1. The maximum atomic E-state index is 13.3. The summed E-state index contributed by atoms with van der Waals surface area (Å²) in [4.78, 5) is 45.3. The van der Waals surface area contributed by atoms with Crippen molar-refractivity contribution in [2.75, 3.05) is 18.4 Å². The number of hydrogen-bond donors (Lipinski definition) is 2. The van der Waals surface area contributed by atoms with Crippen molar-refractivity contribution < 1.29 is 22.7 Å². The Hall–Kier alpha value is -3.31. The van der Waals surface area contributed by atoms with Crippen LogP contribution in [0.2, 0.25) is 0 Å². The molecule has 9 nitrogen and oxygen atoms in total. The van der Waals surface area contributed by atoms with Crippen LogP contribution in [0.5, 0.6) is 0 Å². The van der Waals surface area contributed by atoms with Crippen molar-refractivity contribution in [1.29, 1.82) is 0 Å². The minimum atomic E-state index is -4.55. The molecule has 1 saturated heterocycles. The Morgan fingerprint density at radius 1 is 1.18 bits per heavy atom. The number of ether oxygens (including phenoxy) is 1. The molecule has 1 atom stereocenters. The van der Waals surface area contributed by atoms with Gasteiger partial charge in [0.15, 0.2) is 0 Å². The highest BCUT2D eigenvalue weighted by molar-refractivity contribution is 5.68. The lowest BCUT2D eigenvalue weighted by atomic mass is 10.0. The van der Waals surface area contributed by atoms with Gasteiger partial charge in [0, 0.05) is 19.1 Å². The molecule has 1 amide bonds. The number of aromatic amines is 1. The van der Waals surface area contributed by atoms with Crippen molar-refractivity contribution in [1.82, 2.24) is 19.4 Å². The molecule has 2 aromatic rings. The number of nitrogens with zero attached hydrogens (tertiary/aromatic N) is 3. The van der Waals surface area contributed by atoms with Gasteiger partial charge in [0.2, 0.25) is 5.95 Å². The number of carbonyl (C=O) groups is 1. The summed E-state index contributed by atoms with van der Waals surface area (Å²) >= 11 is 0. The summed E-state index contributed by atoms with van der Waals surface area (Å²) in [5.74, 6) is -0.220. The van der Waals surface area contributed by atoms with E-state index in [1.165, 1.54) is 30.0 Å². The average Bonchev–Trinajstić information content (AvgIpc) is 2.72. The maximum absolute atomic E-state index is 13.3. The molecule has 2 N–H and O–H groups in total. The van der Waals surface area contributed by atoms with Crippen LogP contribution >= 0.6 is 0 Å². The number of carbonyl (C=O) groups excluding carboxylic acids is 1. The van der Waals surface area contributed by atoms with Gasteiger partial charge < -0.3 is 15.0 Å². The second-order valence-electron chi connectivity index (χ2n) is 9.19. The van der Waals surface area contributed by atoms with Crippen molar-refractivity contribution in [2.24, 2.45) is 0 Å². The highest BCUT2D eigenvalue weighted by atomic mass is 19.4. The number of aromatic nitrogens is 3. The Labute approximate surface area is 194 Å². The van der Waals surface area contributed by atoms with E-state index >= 15 is 0 Å². The summed E-state index contributed by atoms with van der Waals surface area (Å²) < 4.78 is 46.2. The molecule has 34 heavy (non-hydrogen) atoms. The third kappa shape index (κ3) is 5.97. The number of hydrogen-bond acceptors (Lipinski definition) is 6. The molecule has 12 heteroatoms. The molecule has 2 heterocycles. The lowest BCUT2D eigenvalue weighted by molar-refractivity contribution is -0.138. The van der Waals surface area contributed by atoms with Crippen LogP contribution in [-0.2, 0) is 10.9 Å². The van der Waals surface area contributed by atoms with Gasteiger partial charge in [-0.05, 0) is 52.2 Å². The molecular weight excluding hydrogens is 455 g/mol. The number of likely N-dealkylation sites (tertiary alicyclic amines) is 1. The van der Waals surface area contributed by atoms with Gasteiger partial charge in [0.1, 0.15) is 5.60 Å². The van der Waals surface area contributed by atoms with Crippen molar-refractivity contribution in [3.63, 3.8) is 0 Å². The number of piperidine rings is 1. The van der Waals surface area contributed by atoms with E-state index in [4.69, 9.17) is 4.74 Å². The Balaban J connectivity index is 1.73. The molecule has 3 rings (SSSR count). The first kappa shape index (κ1) is 25.3. The van der Waals surface area contributed by atoms with E-state index in [9.17, 15) is 27.6 Å². The Kier molecular flexibility index (Phi) is 7.08. The van der Waals surface area contributed by atoms with E-state index in [2.05, 4.69) is 15.3 Å². The van der Waals surface area contributed by atoms with Crippen LogP contribution in [0, 0.1) is 0 Å². The van der Waals surface area contributed by atoms with Gasteiger partial charge in [-0.2, -0.15) is 18.2 Å². The minimum Gasteiger partial charge on any atom is -0.444 e. The topological polar surface area (TPSA) is 109 Å². The molecule has 0 radical (unpaired) electrons. The fourth-order valence-corrected chi connectivity index (χ4v) is 3.86. The smallest absolute Gasteiger partial charge is 0.416 e. The highest BCUT2D eigenvalue weighted by Gasteiger charge is 2.34. The molecule has 1 aromatic carbocycles. The van der Waals surface area contributed by atoms with Crippen LogP contribution in [0.25, 0.3) is 0 Å². The third-order valence-corrected chi connectivity index (χ3v) is 5.42. The molecule has 0 bridgehead atoms. The van der Waals surface area contributed by atoms with E-state index in [1.54, 1.807) is 20.8 Å². The normalized spacial score (nSPS) is 16.3. The monoisotopic (exact) mass is 483 g/mol. The van der Waals surface area contributed by atoms with Gasteiger partial charge >= 0.3 is 23.6 Å². The van der Waals surface area contributed by atoms with E-state index in [-0.39, 0.29) is 11.5 Å². The Morgan fingerprint density at radius 2 is 1.79 bits per heavy atom. The first-order valence-corrected chi connectivity index (χ1v) is 10.9. The molecular formula is C22H28F3N5O4. The number of halogens is 3. The van der Waals surface area contributed by atoms with E-state index < -0.39 is 46.9 Å². The first-order valence-electron chi connectivity index (χ1n) is 10.9. The molecule has 1 unspecified atom stereocenters. The largest absolute Gasteiger partial charge is 0.444 e. The summed E-state index contributed by atoms with van der Waals surface area (Å²) in [6.07, 6.45) is -4.30. The predicted octanol–water partition coefficient (Wildman–Crippen LogP) is 3.70. The van der Waals surface area contributed by atoms with E-state index in [0.29, 0.717) is 25.9 Å². The molecule has 1 fully saturated rings. The third-order valence-electron chi connectivity index (χ3n) is 5.42. The SMILES string of the molecule is CC(Nc1nc(=O)n(C2CCN(C(=O)OC(C)(C)C)CC2)c(=O)[nH]1)c1ccccc1C(F)(F)F. The van der Waals surface area contributed by atoms with Crippen LogP contribution in [0.4, 0.5) is 23.9 Å². The Bertz CT molecular complexity index is 1110. The van der Waals surface area contributed by atoms with Gasteiger partial charge in [0.05, 0.1) is 11.6 Å². The van der Waals surface area contributed by atoms with Crippen molar-refractivity contribution in [2.45, 2.75) is 64.4 Å². The molecule has 1 aromatic heterocycles. The zero-order valence-corrected chi connectivity index (χ0v) is 19.4. The van der Waals surface area contributed by atoms with Crippen LogP contribution < -0.4 is 16.7 Å². The van der Waals surface area contributed by atoms with Crippen LogP contribution in [0.1, 0.15) is 63.7 Å². The molecule has 1 aliphatic rings. The van der Waals surface area contributed by atoms with Gasteiger partial charge in [-0.1, -0.05) is 18.2 Å². The van der Waals surface area contributed by atoms with Crippen LogP contribution in [-0.4, -0.2) is 44.2 Å². The van der Waals surface area contributed by atoms with E-state index in [0.717, 1.165) is 10.6 Å². The van der Waals surface area contributed by atoms with Crippen molar-refractivity contribution in [3.05, 3.63) is 56.4 Å². The molecule has 1 aliphatic heterocycles. The number of alkyl halides is 3. The van der Waals surface area contributed by atoms with Gasteiger partial charge in [-0.25, -0.2) is 19.0 Å². The van der Waals surface area contributed by atoms with Gasteiger partial charge in [-0.15, -0.1) is 0 Å². The van der Waals surface area contributed by atoms with Crippen molar-refractivity contribution >= 4 is 12.0 Å². The number of rotatable bonds is 4. The van der Waals surface area contributed by atoms with Crippen molar-refractivity contribution in [3.8, 4) is 0 Å². The minimum absolute atomic E-state index is 0.0451. The van der Waals surface area contributed by atoms with Gasteiger partial charge in [-0.3, -0.25) is 4.98 Å².